The van der Waals surface area contributed by atoms with Crippen LogP contribution in [-0.2, 0) is 35.1 Å². The predicted molar refractivity (Wildman–Crippen MR) is 240 cm³/mol. The molecule has 0 spiro atoms. The molecule has 17 nitrogen and oxygen atoms in total. The monoisotopic (exact) mass is 884 g/mol. The minimum atomic E-state index is -0.973. The van der Waals surface area contributed by atoms with Crippen LogP contribution in [-0.4, -0.2) is 114 Å². The molecule has 4 amide bonds. The zero-order chi connectivity index (χ0) is 45.4. The van der Waals surface area contributed by atoms with E-state index in [2.05, 4.69) is 50.9 Å². The van der Waals surface area contributed by atoms with Gasteiger partial charge in [0.25, 0.3) is 5.91 Å². The summed E-state index contributed by atoms with van der Waals surface area (Å²) in [6.07, 6.45) is 1.92. The van der Waals surface area contributed by atoms with Crippen molar-refractivity contribution in [2.75, 3.05) is 48.1 Å². The number of fused-ring (bicyclic) bond motifs is 6. The number of carbonyl (C=O) groups excluding carboxylic acids is 4. The number of aromatic nitrogens is 4. The van der Waals surface area contributed by atoms with Gasteiger partial charge in [-0.25, -0.2) is 19.6 Å². The smallest absolute Gasteiger partial charge is 0.407 e. The van der Waals surface area contributed by atoms with E-state index < -0.39 is 36.4 Å². The second kappa shape index (κ2) is 18.3. The van der Waals surface area contributed by atoms with Crippen molar-refractivity contribution in [3.05, 3.63) is 102 Å². The number of nitrogens with one attached hydrogen (secondary N) is 4. The number of ether oxygens (including phenoxy) is 5. The minimum Gasteiger partial charge on any atom is -0.488 e. The molecule has 0 bridgehead atoms. The van der Waals surface area contributed by atoms with Crippen LogP contribution in [0.15, 0.2) is 79.0 Å². The molecule has 3 aliphatic heterocycles. The Balaban J connectivity index is 0.967. The van der Waals surface area contributed by atoms with Crippen LogP contribution >= 0.6 is 0 Å². The van der Waals surface area contributed by atoms with Gasteiger partial charge in [0.1, 0.15) is 36.1 Å². The molecule has 17 heteroatoms. The minimum absolute atomic E-state index is 0.0524. The van der Waals surface area contributed by atoms with Crippen molar-refractivity contribution in [2.45, 2.75) is 63.1 Å². The van der Waals surface area contributed by atoms with E-state index in [9.17, 15) is 19.2 Å². The number of aromatic amines is 2. The average Bonchev–Trinajstić information content (AvgIpc) is 4.18. The lowest BCUT2D eigenvalue weighted by Gasteiger charge is -2.30. The Morgan fingerprint density at radius 1 is 0.862 bits per heavy atom. The molecule has 9 rings (SSSR count). The number of H-pyrrole nitrogens is 2. The second-order valence-electron chi connectivity index (χ2n) is 16.8. The maximum Gasteiger partial charge on any atom is 0.407 e. The zero-order valence-electron chi connectivity index (χ0n) is 36.9. The number of rotatable bonds is 12. The summed E-state index contributed by atoms with van der Waals surface area (Å²) >= 11 is 0. The molecule has 65 heavy (non-hydrogen) atoms. The summed E-state index contributed by atoms with van der Waals surface area (Å²) in [7, 11) is 5.67. The number of methoxy groups -OCH3 is 4. The van der Waals surface area contributed by atoms with E-state index >= 15 is 0 Å². The Bertz CT molecular complexity index is 2760. The fourth-order valence-corrected chi connectivity index (χ4v) is 9.54. The number of hydrogen-bond donors (Lipinski definition) is 4. The van der Waals surface area contributed by atoms with Crippen molar-refractivity contribution in [1.82, 2.24) is 40.4 Å². The fourth-order valence-electron chi connectivity index (χ4n) is 9.54. The molecule has 6 aromatic rings. The number of alkyl carbamates (subject to hydrolysis) is 2. The number of amides is 4. The normalized spacial score (nSPS) is 19.2. The van der Waals surface area contributed by atoms with Crippen LogP contribution in [0.5, 0.6) is 5.75 Å². The first-order chi connectivity index (χ1) is 31.6. The van der Waals surface area contributed by atoms with Crippen molar-refractivity contribution < 1.29 is 42.9 Å². The summed E-state index contributed by atoms with van der Waals surface area (Å²) in [5.41, 5.74) is 7.04. The topological polar surface area (TPSA) is 202 Å². The highest BCUT2D eigenvalue weighted by Gasteiger charge is 2.43. The summed E-state index contributed by atoms with van der Waals surface area (Å²) in [5, 5.41) is 7.27. The molecule has 338 valence electrons. The fraction of sp³-hybridized carbons (Fsp3) is 0.375. The van der Waals surface area contributed by atoms with Gasteiger partial charge < -0.3 is 54.1 Å². The van der Waals surface area contributed by atoms with Crippen LogP contribution < -0.4 is 15.4 Å². The van der Waals surface area contributed by atoms with Gasteiger partial charge in [-0.05, 0) is 78.1 Å². The summed E-state index contributed by atoms with van der Waals surface area (Å²) in [5.74, 6) is 1.58. The van der Waals surface area contributed by atoms with Gasteiger partial charge in [-0.15, -0.1) is 0 Å². The van der Waals surface area contributed by atoms with Crippen molar-refractivity contribution in [3.8, 4) is 28.1 Å². The highest BCUT2D eigenvalue weighted by Crippen LogP contribution is 2.44. The third kappa shape index (κ3) is 8.32. The first-order valence-electron chi connectivity index (χ1n) is 21.7. The lowest BCUT2D eigenvalue weighted by atomic mass is 9.92. The van der Waals surface area contributed by atoms with Crippen molar-refractivity contribution in [3.63, 3.8) is 0 Å². The molecule has 2 fully saturated rings. The van der Waals surface area contributed by atoms with Gasteiger partial charge in [-0.1, -0.05) is 48.5 Å². The van der Waals surface area contributed by atoms with E-state index in [1.807, 2.05) is 42.5 Å². The number of nitrogens with zero attached hydrogens (tertiary/aromatic N) is 4. The third-order valence-corrected chi connectivity index (χ3v) is 12.9. The third-order valence-electron chi connectivity index (χ3n) is 12.9. The maximum absolute atomic E-state index is 14.2. The van der Waals surface area contributed by atoms with Crippen molar-refractivity contribution in [2.24, 2.45) is 5.92 Å². The SMILES string of the molecule is COC[C@H]1C[C@@H](c2nc3c(ccc4cc5c(cc43)OCc3cc(-c4cnc([C@@H]6CCCN6C(=O)[C@H](NC(=O)OC)c6ccccc6)[nH]4)ccc3-5)[nH]2)N(C(=O)C(NC(=O)OC)[C@@H](C)OC)C1. The van der Waals surface area contributed by atoms with E-state index in [1.54, 1.807) is 30.0 Å². The van der Waals surface area contributed by atoms with Gasteiger partial charge in [-0.2, -0.15) is 0 Å². The number of likely N-dealkylation sites (tertiary alicyclic amines) is 2. The standard InChI is InChI=1S/C48H52N8O9/c1-26(62-3)40(53-47(59)63-4)45(57)56-23-27(24-61-2)18-38(56)44-50-35-16-14-29-20-34-32-15-13-30(19-31(32)25-65-39(34)21-33(29)42(35)52-44)36-22-49-43(51-36)37-12-9-17-55(37)46(58)41(54-48(60)64-5)28-10-7-6-8-11-28/h6-8,10-11,13-16,19-22,26-27,37-38,40-41H,9,12,17-18,23-25H2,1-5H3,(H,49,51)(H,50,52)(H,53,59)(H,54,60)/t26-,27+,37+,38+,40?,41-/m1/s1. The number of imidazole rings is 2. The summed E-state index contributed by atoms with van der Waals surface area (Å²) < 4.78 is 27.1. The van der Waals surface area contributed by atoms with Gasteiger partial charge in [0.05, 0.1) is 61.9 Å². The first-order valence-corrected chi connectivity index (χ1v) is 21.7. The molecule has 0 radical (unpaired) electrons. The van der Waals surface area contributed by atoms with Crippen molar-refractivity contribution in [1.29, 1.82) is 0 Å². The van der Waals surface area contributed by atoms with Gasteiger partial charge >= 0.3 is 12.2 Å². The number of hydrogen-bond acceptors (Lipinski definition) is 11. The Morgan fingerprint density at radius 2 is 1.66 bits per heavy atom. The molecule has 3 aliphatic rings. The Morgan fingerprint density at radius 3 is 2.43 bits per heavy atom. The molecule has 0 saturated carbocycles. The largest absolute Gasteiger partial charge is 0.488 e. The molecule has 1 unspecified atom stereocenters. The molecule has 0 aliphatic carbocycles. The molecule has 6 atom stereocenters. The molecule has 2 aromatic heterocycles. The van der Waals surface area contributed by atoms with Crippen LogP contribution in [0, 0.1) is 5.92 Å². The molecule has 2 saturated heterocycles. The highest BCUT2D eigenvalue weighted by molar-refractivity contribution is 6.07. The Kier molecular flexibility index (Phi) is 12.2. The lowest BCUT2D eigenvalue weighted by Crippen LogP contribution is -2.54. The van der Waals surface area contributed by atoms with Gasteiger partial charge in [-0.3, -0.25) is 9.59 Å². The highest BCUT2D eigenvalue weighted by atomic mass is 16.5. The molecule has 4 N–H and O–H groups in total. The van der Waals surface area contributed by atoms with Gasteiger partial charge in [0.15, 0.2) is 0 Å². The number of benzene rings is 4. The second-order valence-corrected chi connectivity index (χ2v) is 16.8. The molecule has 5 heterocycles. The zero-order valence-corrected chi connectivity index (χ0v) is 36.9. The summed E-state index contributed by atoms with van der Waals surface area (Å²) in [6.45, 7) is 3.49. The van der Waals surface area contributed by atoms with Gasteiger partial charge in [0.2, 0.25) is 5.91 Å². The molecule has 4 aromatic carbocycles. The van der Waals surface area contributed by atoms with E-state index in [-0.39, 0.29) is 23.8 Å². The van der Waals surface area contributed by atoms with Crippen LogP contribution in [0.25, 0.3) is 44.2 Å². The molecular formula is C48H52N8O9. The van der Waals surface area contributed by atoms with Crippen LogP contribution in [0.1, 0.15) is 67.1 Å². The van der Waals surface area contributed by atoms with E-state index in [1.165, 1.54) is 21.3 Å². The van der Waals surface area contributed by atoms with E-state index in [0.29, 0.717) is 49.9 Å². The predicted octanol–water partition coefficient (Wildman–Crippen LogP) is 6.72. The summed E-state index contributed by atoms with van der Waals surface area (Å²) in [6, 6.07) is 21.1. The van der Waals surface area contributed by atoms with Crippen molar-refractivity contribution >= 4 is 45.8 Å². The van der Waals surface area contributed by atoms with Crippen LogP contribution in [0.2, 0.25) is 0 Å². The van der Waals surface area contributed by atoms with Gasteiger partial charge in [0, 0.05) is 44.2 Å². The maximum atomic E-state index is 14.2. The van der Waals surface area contributed by atoms with E-state index in [4.69, 9.17) is 33.7 Å². The van der Waals surface area contributed by atoms with Crippen LogP contribution in [0.3, 0.4) is 0 Å². The average molecular weight is 885 g/mol. The van der Waals surface area contributed by atoms with Crippen LogP contribution in [0.4, 0.5) is 9.59 Å². The number of carbonyl (C=O) groups is 4. The lowest BCUT2D eigenvalue weighted by molar-refractivity contribution is -0.138. The quantitative estimate of drug-likeness (QED) is 0.102. The first kappa shape index (κ1) is 43.3. The summed E-state index contributed by atoms with van der Waals surface area (Å²) in [4.78, 5) is 73.2. The van der Waals surface area contributed by atoms with E-state index in [0.717, 1.165) is 68.3 Å². The Labute approximate surface area is 375 Å². The Hall–Kier alpha value is -6.98. The molecular weight excluding hydrogens is 833 g/mol.